The lowest BCUT2D eigenvalue weighted by Crippen LogP contribution is -2.49. The van der Waals surface area contributed by atoms with E-state index >= 15 is 0 Å². The summed E-state index contributed by atoms with van der Waals surface area (Å²) in [6.07, 6.45) is 0. The number of carbonyl (C=O) groups is 1. The molecule has 24 heavy (non-hydrogen) atoms. The van der Waals surface area contributed by atoms with Crippen molar-refractivity contribution < 1.29 is 4.79 Å². The van der Waals surface area contributed by atoms with Crippen LogP contribution < -0.4 is 5.32 Å². The normalized spacial score (nSPS) is 18.2. The van der Waals surface area contributed by atoms with Gasteiger partial charge in [0.25, 0.3) is 0 Å². The molecular formula is C18H28ClN3OS. The molecule has 1 aromatic carbocycles. The fourth-order valence-corrected chi connectivity index (χ4v) is 4.06. The Morgan fingerprint density at radius 2 is 2.21 bits per heavy atom. The van der Waals surface area contributed by atoms with Gasteiger partial charge >= 0.3 is 0 Å². The van der Waals surface area contributed by atoms with Crippen molar-refractivity contribution in [1.29, 1.82) is 0 Å². The molecule has 0 bridgehead atoms. The molecule has 0 aliphatic carbocycles. The minimum Gasteiger partial charge on any atom is -0.332 e. The second-order valence-electron chi connectivity index (χ2n) is 5.94. The maximum atomic E-state index is 12.7. The highest BCUT2D eigenvalue weighted by atomic mass is 35.5. The van der Waals surface area contributed by atoms with E-state index in [0.29, 0.717) is 5.75 Å². The number of nitrogens with one attached hydrogen (secondary N) is 1. The smallest absolute Gasteiger partial charge is 0.233 e. The van der Waals surface area contributed by atoms with Crippen LogP contribution in [0.5, 0.6) is 0 Å². The number of hydrogen-bond acceptors (Lipinski definition) is 4. The zero-order chi connectivity index (χ0) is 17.4. The number of hydrogen-bond donors (Lipinski definition) is 1. The number of amides is 1. The summed E-state index contributed by atoms with van der Waals surface area (Å²) < 4.78 is 0. The molecule has 4 nitrogen and oxygen atoms in total. The van der Waals surface area contributed by atoms with E-state index in [2.05, 4.69) is 30.1 Å². The van der Waals surface area contributed by atoms with Crippen LogP contribution in [-0.4, -0.2) is 66.5 Å². The quantitative estimate of drug-likeness (QED) is 0.715. The summed E-state index contributed by atoms with van der Waals surface area (Å²) >= 11 is 7.85. The Morgan fingerprint density at radius 1 is 1.42 bits per heavy atom. The van der Waals surface area contributed by atoms with Crippen molar-refractivity contribution in [1.82, 2.24) is 15.1 Å². The molecule has 1 unspecified atom stereocenters. The molecule has 1 heterocycles. The van der Waals surface area contributed by atoms with Crippen LogP contribution in [0.1, 0.15) is 25.5 Å². The average Bonchev–Trinajstić information content (AvgIpc) is 2.61. The van der Waals surface area contributed by atoms with E-state index in [1.54, 1.807) is 11.8 Å². The maximum absolute atomic E-state index is 12.7. The summed E-state index contributed by atoms with van der Waals surface area (Å²) in [5, 5.41) is 4.11. The molecule has 134 valence electrons. The van der Waals surface area contributed by atoms with Gasteiger partial charge in [0.05, 0.1) is 11.8 Å². The van der Waals surface area contributed by atoms with Gasteiger partial charge in [0, 0.05) is 37.0 Å². The largest absolute Gasteiger partial charge is 0.332 e. The van der Waals surface area contributed by atoms with E-state index < -0.39 is 0 Å². The number of benzene rings is 1. The van der Waals surface area contributed by atoms with Crippen LogP contribution in [0.3, 0.4) is 0 Å². The standard InChI is InChI=1S/C18H28ClN3OS/c1-3-21(4-2)10-11-24-14-18(23)22-9-8-20-13-17(22)15-6-5-7-16(19)12-15/h5-7,12,17,20H,3-4,8-11,13-14H2,1-2H3. The van der Waals surface area contributed by atoms with E-state index in [4.69, 9.17) is 11.6 Å². The van der Waals surface area contributed by atoms with Crippen LogP contribution in [0.4, 0.5) is 0 Å². The van der Waals surface area contributed by atoms with Crippen molar-refractivity contribution in [3.8, 4) is 0 Å². The van der Waals surface area contributed by atoms with Gasteiger partial charge in [-0.25, -0.2) is 0 Å². The summed E-state index contributed by atoms with van der Waals surface area (Å²) in [6.45, 7) is 9.94. The molecule has 2 rings (SSSR count). The third kappa shape index (κ3) is 5.66. The lowest BCUT2D eigenvalue weighted by molar-refractivity contribution is -0.131. The Kier molecular flexibility index (Phi) is 8.39. The van der Waals surface area contributed by atoms with Crippen molar-refractivity contribution in [2.45, 2.75) is 19.9 Å². The van der Waals surface area contributed by atoms with Gasteiger partial charge in [-0.1, -0.05) is 37.6 Å². The molecule has 1 aromatic rings. The van der Waals surface area contributed by atoms with Gasteiger partial charge in [0.2, 0.25) is 5.91 Å². The number of piperazine rings is 1. The second-order valence-corrected chi connectivity index (χ2v) is 7.48. The van der Waals surface area contributed by atoms with E-state index in [1.807, 2.05) is 23.1 Å². The van der Waals surface area contributed by atoms with Gasteiger partial charge in [-0.3, -0.25) is 4.79 Å². The SMILES string of the molecule is CCN(CC)CCSCC(=O)N1CCNCC1c1cccc(Cl)c1. The van der Waals surface area contributed by atoms with Crippen molar-refractivity contribution >= 4 is 29.3 Å². The Labute approximate surface area is 154 Å². The number of carbonyl (C=O) groups excluding carboxylic acids is 1. The topological polar surface area (TPSA) is 35.6 Å². The predicted molar refractivity (Wildman–Crippen MR) is 104 cm³/mol. The lowest BCUT2D eigenvalue weighted by Gasteiger charge is -2.36. The highest BCUT2D eigenvalue weighted by Crippen LogP contribution is 2.25. The van der Waals surface area contributed by atoms with Gasteiger partial charge in [0.15, 0.2) is 0 Å². The first-order chi connectivity index (χ1) is 11.7. The van der Waals surface area contributed by atoms with Gasteiger partial charge in [-0.2, -0.15) is 11.8 Å². The first kappa shape index (κ1) is 19.6. The van der Waals surface area contributed by atoms with Gasteiger partial charge in [-0.05, 0) is 30.8 Å². The van der Waals surface area contributed by atoms with Crippen LogP contribution in [0.25, 0.3) is 0 Å². The van der Waals surface area contributed by atoms with E-state index in [0.717, 1.165) is 55.6 Å². The Hall–Kier alpha value is -0.750. The molecule has 0 radical (unpaired) electrons. The molecular weight excluding hydrogens is 342 g/mol. The summed E-state index contributed by atoms with van der Waals surface area (Å²) in [6, 6.07) is 7.92. The van der Waals surface area contributed by atoms with Gasteiger partial charge in [0.1, 0.15) is 0 Å². The first-order valence-electron chi connectivity index (χ1n) is 8.71. The summed E-state index contributed by atoms with van der Waals surface area (Å²) in [7, 11) is 0. The third-order valence-corrected chi connectivity index (χ3v) is 5.63. The van der Waals surface area contributed by atoms with Crippen LogP contribution in [0.15, 0.2) is 24.3 Å². The minimum absolute atomic E-state index is 0.0772. The summed E-state index contributed by atoms with van der Waals surface area (Å²) in [5.74, 6) is 1.78. The lowest BCUT2D eigenvalue weighted by atomic mass is 10.0. The molecule has 1 aliphatic heterocycles. The second kappa shape index (κ2) is 10.3. The Bertz CT molecular complexity index is 525. The molecule has 1 atom stereocenters. The molecule has 1 amide bonds. The fraction of sp³-hybridized carbons (Fsp3) is 0.611. The molecule has 1 aliphatic rings. The molecule has 0 spiro atoms. The van der Waals surface area contributed by atoms with E-state index in [9.17, 15) is 4.79 Å². The highest BCUT2D eigenvalue weighted by Gasteiger charge is 2.27. The number of nitrogens with zero attached hydrogens (tertiary/aromatic N) is 2. The number of rotatable bonds is 8. The zero-order valence-electron chi connectivity index (χ0n) is 14.6. The van der Waals surface area contributed by atoms with Crippen molar-refractivity contribution in [3.63, 3.8) is 0 Å². The molecule has 1 fully saturated rings. The monoisotopic (exact) mass is 369 g/mol. The summed E-state index contributed by atoms with van der Waals surface area (Å²) in [4.78, 5) is 17.1. The van der Waals surface area contributed by atoms with Crippen LogP contribution in [-0.2, 0) is 4.79 Å². The summed E-state index contributed by atoms with van der Waals surface area (Å²) in [5.41, 5.74) is 1.11. The number of thioether (sulfide) groups is 1. The molecule has 1 N–H and O–H groups in total. The molecule has 6 heteroatoms. The van der Waals surface area contributed by atoms with Gasteiger partial charge < -0.3 is 15.1 Å². The Balaban J connectivity index is 1.89. The maximum Gasteiger partial charge on any atom is 0.233 e. The van der Waals surface area contributed by atoms with Crippen LogP contribution in [0, 0.1) is 0 Å². The van der Waals surface area contributed by atoms with Crippen molar-refractivity contribution in [2.75, 3.05) is 50.8 Å². The Morgan fingerprint density at radius 3 is 2.92 bits per heavy atom. The van der Waals surface area contributed by atoms with Gasteiger partial charge in [-0.15, -0.1) is 0 Å². The first-order valence-corrected chi connectivity index (χ1v) is 10.2. The van der Waals surface area contributed by atoms with E-state index in [-0.39, 0.29) is 11.9 Å². The predicted octanol–water partition coefficient (Wildman–Crippen LogP) is 2.89. The molecule has 0 saturated carbocycles. The average molecular weight is 370 g/mol. The van der Waals surface area contributed by atoms with Crippen LogP contribution >= 0.6 is 23.4 Å². The highest BCUT2D eigenvalue weighted by molar-refractivity contribution is 7.99. The minimum atomic E-state index is 0.0772. The fourth-order valence-electron chi connectivity index (χ4n) is 2.99. The number of halogens is 1. The van der Waals surface area contributed by atoms with Crippen molar-refractivity contribution in [3.05, 3.63) is 34.9 Å². The molecule has 0 aromatic heterocycles. The van der Waals surface area contributed by atoms with E-state index in [1.165, 1.54) is 0 Å². The third-order valence-electron chi connectivity index (χ3n) is 4.47. The van der Waals surface area contributed by atoms with Crippen LogP contribution in [0.2, 0.25) is 5.02 Å². The molecule has 1 saturated heterocycles. The zero-order valence-corrected chi connectivity index (χ0v) is 16.2. The van der Waals surface area contributed by atoms with Crippen molar-refractivity contribution in [2.24, 2.45) is 0 Å².